The molecule has 1 heterocycles. The molecule has 0 saturated heterocycles. The lowest BCUT2D eigenvalue weighted by molar-refractivity contribution is 0.229. The first-order valence-electron chi connectivity index (χ1n) is 12.0. The monoisotopic (exact) mass is 497 g/mol. The average Bonchev–Trinajstić information content (AvgIpc) is 2.91. The number of aromatic nitrogens is 1. The van der Waals surface area contributed by atoms with Gasteiger partial charge in [-0.15, -0.1) is 0 Å². The van der Waals surface area contributed by atoms with E-state index in [0.717, 1.165) is 54.9 Å². The van der Waals surface area contributed by atoms with Crippen LogP contribution in [0, 0.1) is 0 Å². The lowest BCUT2D eigenvalue weighted by Crippen LogP contribution is -1.96. The van der Waals surface area contributed by atoms with Crippen LogP contribution in [0.25, 0.3) is 49.7 Å². The maximum absolute atomic E-state index is 13.3. The van der Waals surface area contributed by atoms with E-state index in [4.69, 9.17) is 18.8 Å². The summed E-state index contributed by atoms with van der Waals surface area (Å²) in [4.78, 5) is 4.90. The molecule has 0 aliphatic heterocycles. The Morgan fingerprint density at radius 1 is 0.833 bits per heavy atom. The third-order valence-corrected chi connectivity index (χ3v) is 7.95. The molecule has 6 heteroatoms. The van der Waals surface area contributed by atoms with Crippen LogP contribution in [-0.4, -0.2) is 25.3 Å². The van der Waals surface area contributed by atoms with Crippen molar-refractivity contribution < 1.29 is 18.3 Å². The molecule has 0 fully saturated rings. The summed E-state index contributed by atoms with van der Waals surface area (Å²) in [6, 6.07) is 24.7. The molecule has 182 valence electrons. The summed E-state index contributed by atoms with van der Waals surface area (Å²) >= 11 is 0. The van der Waals surface area contributed by atoms with Crippen molar-refractivity contribution in [2.75, 3.05) is 20.3 Å². The number of benzene rings is 4. The third-order valence-electron chi connectivity index (χ3n) is 6.20. The van der Waals surface area contributed by atoms with Gasteiger partial charge in [-0.25, -0.2) is 0 Å². The second kappa shape index (κ2) is 10.2. The van der Waals surface area contributed by atoms with E-state index >= 15 is 0 Å². The number of fused-ring (bicyclic) bond motifs is 4. The van der Waals surface area contributed by atoms with Crippen molar-refractivity contribution in [1.82, 2.24) is 4.98 Å². The number of nitrogens with zero attached hydrogens (tertiary/aromatic N) is 1. The largest absolute Gasteiger partial charge is 0.496 e. The smallest absolute Gasteiger partial charge is 0.354 e. The molecule has 0 N–H and O–H groups in total. The molecule has 5 rings (SSSR count). The first-order chi connectivity index (χ1) is 17.6. The fourth-order valence-corrected chi connectivity index (χ4v) is 6.03. The van der Waals surface area contributed by atoms with Crippen molar-refractivity contribution in [1.29, 1.82) is 0 Å². The Kier molecular flexibility index (Phi) is 6.88. The fourth-order valence-electron chi connectivity index (χ4n) is 4.72. The second-order valence-corrected chi connectivity index (χ2v) is 10.2. The topological polar surface area (TPSA) is 57.7 Å². The van der Waals surface area contributed by atoms with Crippen molar-refractivity contribution in [2.24, 2.45) is 0 Å². The normalized spacial score (nSPS) is 12.2. The van der Waals surface area contributed by atoms with E-state index in [1.807, 2.05) is 54.7 Å². The van der Waals surface area contributed by atoms with Gasteiger partial charge in [-0.2, -0.15) is 0 Å². The molecule has 0 bridgehead atoms. The fraction of sp³-hybridized carbons (Fsp3) is 0.167. The molecule has 0 aliphatic rings. The van der Waals surface area contributed by atoms with Crippen LogP contribution in [0.5, 0.6) is 5.75 Å². The van der Waals surface area contributed by atoms with E-state index < -0.39 is 7.60 Å². The number of ether oxygens (including phenoxy) is 1. The van der Waals surface area contributed by atoms with Gasteiger partial charge in [0.05, 0.1) is 26.0 Å². The van der Waals surface area contributed by atoms with Gasteiger partial charge in [0.25, 0.3) is 0 Å². The Labute approximate surface area is 210 Å². The van der Waals surface area contributed by atoms with E-state index in [-0.39, 0.29) is 13.2 Å². The Hall–Kier alpha value is -3.50. The first kappa shape index (κ1) is 24.2. The summed E-state index contributed by atoms with van der Waals surface area (Å²) in [6.07, 6.45) is 3.65. The van der Waals surface area contributed by atoms with E-state index in [1.165, 1.54) is 5.82 Å². The van der Waals surface area contributed by atoms with Gasteiger partial charge in [0.15, 0.2) is 0 Å². The van der Waals surface area contributed by atoms with Gasteiger partial charge < -0.3 is 13.8 Å². The van der Waals surface area contributed by atoms with E-state index in [1.54, 1.807) is 21.0 Å². The molecular formula is C30H28NO4P. The molecule has 0 amide bonds. The van der Waals surface area contributed by atoms with Crippen LogP contribution in [0.3, 0.4) is 0 Å². The predicted octanol–water partition coefficient (Wildman–Crippen LogP) is 8.45. The van der Waals surface area contributed by atoms with Crippen LogP contribution in [0.4, 0.5) is 0 Å². The van der Waals surface area contributed by atoms with Crippen molar-refractivity contribution >= 4 is 46.0 Å². The minimum Gasteiger partial charge on any atom is -0.496 e. The summed E-state index contributed by atoms with van der Waals surface area (Å²) in [5.74, 6) is 2.26. The molecule has 0 radical (unpaired) electrons. The molecule has 5 nitrogen and oxygen atoms in total. The summed E-state index contributed by atoms with van der Waals surface area (Å²) in [7, 11) is -1.75. The standard InChI is InChI=1S/C30H28NO4P/c1-4-34-36(32,35-5-2)19-17-23-20-27(33-3)25-12-8-9-13-26(25)29(23)30-28-22(16-18-31-30)15-14-21-10-6-7-11-24(21)28/h6-20H,4-5H2,1-3H3/b19-17+. The Morgan fingerprint density at radius 2 is 1.50 bits per heavy atom. The van der Waals surface area contributed by atoms with Crippen molar-refractivity contribution in [3.05, 3.63) is 90.4 Å². The summed E-state index contributed by atoms with van der Waals surface area (Å²) in [6.45, 7) is 4.17. The lowest BCUT2D eigenvalue weighted by atomic mass is 9.91. The highest BCUT2D eigenvalue weighted by Gasteiger charge is 2.21. The van der Waals surface area contributed by atoms with Crippen LogP contribution in [0.15, 0.2) is 84.8 Å². The third kappa shape index (κ3) is 4.42. The molecule has 4 aromatic carbocycles. The number of rotatable bonds is 8. The van der Waals surface area contributed by atoms with Crippen LogP contribution in [-0.2, 0) is 13.6 Å². The molecule has 5 aromatic rings. The second-order valence-electron chi connectivity index (χ2n) is 8.32. The van der Waals surface area contributed by atoms with Gasteiger partial charge in [0.1, 0.15) is 5.75 Å². The number of pyridine rings is 1. The van der Waals surface area contributed by atoms with Gasteiger partial charge >= 0.3 is 7.60 Å². The van der Waals surface area contributed by atoms with Gasteiger partial charge in [0, 0.05) is 28.3 Å². The SMILES string of the molecule is CCOP(=O)(/C=C/c1cc(OC)c2ccccc2c1-c1nccc2ccc3ccccc3c12)OCC. The van der Waals surface area contributed by atoms with Crippen molar-refractivity contribution in [2.45, 2.75) is 13.8 Å². The minimum absolute atomic E-state index is 0.284. The molecular weight excluding hydrogens is 469 g/mol. The molecule has 0 unspecified atom stereocenters. The highest BCUT2D eigenvalue weighted by atomic mass is 31.2. The van der Waals surface area contributed by atoms with Gasteiger partial charge in [-0.1, -0.05) is 60.7 Å². The highest BCUT2D eigenvalue weighted by molar-refractivity contribution is 7.57. The van der Waals surface area contributed by atoms with Gasteiger partial charge in [-0.05, 0) is 59.2 Å². The molecule has 0 spiro atoms. The zero-order valence-electron chi connectivity index (χ0n) is 20.6. The van der Waals surface area contributed by atoms with Crippen LogP contribution < -0.4 is 4.74 Å². The zero-order valence-corrected chi connectivity index (χ0v) is 21.5. The van der Waals surface area contributed by atoms with Crippen LogP contribution in [0.2, 0.25) is 0 Å². The van der Waals surface area contributed by atoms with Crippen LogP contribution in [0.1, 0.15) is 19.4 Å². The molecule has 0 aliphatic carbocycles. The summed E-state index contributed by atoms with van der Waals surface area (Å²) in [5, 5.41) is 6.41. The minimum atomic E-state index is -3.41. The summed E-state index contributed by atoms with van der Waals surface area (Å²) in [5.41, 5.74) is 2.60. The lowest BCUT2D eigenvalue weighted by Gasteiger charge is -2.17. The predicted molar refractivity (Wildman–Crippen MR) is 149 cm³/mol. The maximum atomic E-state index is 13.3. The van der Waals surface area contributed by atoms with E-state index in [9.17, 15) is 4.57 Å². The number of methoxy groups -OCH3 is 1. The average molecular weight is 498 g/mol. The highest BCUT2D eigenvalue weighted by Crippen LogP contribution is 2.51. The van der Waals surface area contributed by atoms with E-state index in [0.29, 0.717) is 0 Å². The summed E-state index contributed by atoms with van der Waals surface area (Å²) < 4.78 is 30.0. The Bertz CT molecular complexity index is 1630. The molecule has 0 atom stereocenters. The Balaban J connectivity index is 1.87. The van der Waals surface area contributed by atoms with Gasteiger partial charge in [0.2, 0.25) is 0 Å². The van der Waals surface area contributed by atoms with E-state index in [2.05, 4.69) is 30.3 Å². The van der Waals surface area contributed by atoms with Crippen LogP contribution >= 0.6 is 7.60 Å². The zero-order chi connectivity index (χ0) is 25.1. The van der Waals surface area contributed by atoms with Crippen molar-refractivity contribution in [3.8, 4) is 17.0 Å². The van der Waals surface area contributed by atoms with Crippen molar-refractivity contribution in [3.63, 3.8) is 0 Å². The first-order valence-corrected chi connectivity index (χ1v) is 13.6. The number of hydrogen-bond acceptors (Lipinski definition) is 5. The molecule has 1 aromatic heterocycles. The molecule has 36 heavy (non-hydrogen) atoms. The van der Waals surface area contributed by atoms with Gasteiger partial charge in [-0.3, -0.25) is 9.55 Å². The molecule has 0 saturated carbocycles. The quantitative estimate of drug-likeness (QED) is 0.159. The Morgan fingerprint density at radius 3 is 2.22 bits per heavy atom. The number of hydrogen-bond donors (Lipinski definition) is 0. The maximum Gasteiger partial charge on any atom is 0.354 e.